The lowest BCUT2D eigenvalue weighted by Crippen LogP contribution is -2.04. The summed E-state index contributed by atoms with van der Waals surface area (Å²) in [4.78, 5) is 4.06. The predicted octanol–water partition coefficient (Wildman–Crippen LogP) is 3.47. The molecule has 0 bridgehead atoms. The molecule has 0 aliphatic rings. The van der Waals surface area contributed by atoms with E-state index in [9.17, 15) is 13.2 Å². The molecule has 2 N–H and O–H groups in total. The molecule has 0 saturated heterocycles. The third kappa shape index (κ3) is 2.98. The van der Waals surface area contributed by atoms with E-state index in [0.29, 0.717) is 13.1 Å². The standard InChI is InChI=1S/C17H14F3N3/c18-14-6-5-13(15(19)16(14)20)17-22-7-8-23(17)10-12-3-1-11(9-21)2-4-12/h1-8H,9-10,21H2. The summed E-state index contributed by atoms with van der Waals surface area (Å²) in [6.45, 7) is 0.884. The minimum atomic E-state index is -1.50. The van der Waals surface area contributed by atoms with E-state index in [2.05, 4.69) is 4.98 Å². The number of aromatic nitrogens is 2. The molecule has 0 aliphatic carbocycles. The Morgan fingerprint density at radius 1 is 0.913 bits per heavy atom. The van der Waals surface area contributed by atoms with Gasteiger partial charge in [-0.05, 0) is 23.3 Å². The Kier molecular flexibility index (Phi) is 4.16. The third-order valence-electron chi connectivity index (χ3n) is 3.60. The summed E-state index contributed by atoms with van der Waals surface area (Å²) in [7, 11) is 0. The van der Waals surface area contributed by atoms with Crippen LogP contribution in [-0.2, 0) is 13.1 Å². The molecule has 0 fully saturated rings. The number of nitrogens with zero attached hydrogens (tertiary/aromatic N) is 2. The zero-order chi connectivity index (χ0) is 16.4. The van der Waals surface area contributed by atoms with Crippen molar-refractivity contribution in [2.45, 2.75) is 13.1 Å². The molecule has 0 unspecified atom stereocenters. The Bertz CT molecular complexity index is 826. The zero-order valence-electron chi connectivity index (χ0n) is 12.1. The predicted molar refractivity (Wildman–Crippen MR) is 81.0 cm³/mol. The normalized spacial score (nSPS) is 11.0. The Hall–Kier alpha value is -2.60. The molecule has 118 valence electrons. The molecular weight excluding hydrogens is 303 g/mol. The molecule has 3 nitrogen and oxygen atoms in total. The highest BCUT2D eigenvalue weighted by molar-refractivity contribution is 5.57. The minimum absolute atomic E-state index is 0.0764. The van der Waals surface area contributed by atoms with Crippen LogP contribution in [0.1, 0.15) is 11.1 Å². The number of halogens is 3. The van der Waals surface area contributed by atoms with Crippen LogP contribution in [-0.4, -0.2) is 9.55 Å². The average Bonchev–Trinajstić information content (AvgIpc) is 3.01. The van der Waals surface area contributed by atoms with Gasteiger partial charge in [0.1, 0.15) is 5.82 Å². The number of hydrogen-bond donors (Lipinski definition) is 1. The Balaban J connectivity index is 1.95. The molecule has 0 spiro atoms. The smallest absolute Gasteiger partial charge is 0.195 e. The van der Waals surface area contributed by atoms with Gasteiger partial charge in [0.05, 0.1) is 5.56 Å². The van der Waals surface area contributed by atoms with Gasteiger partial charge in [-0.3, -0.25) is 0 Å². The summed E-state index contributed by atoms with van der Waals surface area (Å²) >= 11 is 0. The maximum Gasteiger partial charge on any atom is 0.195 e. The van der Waals surface area contributed by atoms with Crippen molar-refractivity contribution < 1.29 is 13.2 Å². The van der Waals surface area contributed by atoms with Gasteiger partial charge >= 0.3 is 0 Å². The summed E-state index contributed by atoms with van der Waals surface area (Å²) in [5.41, 5.74) is 7.45. The number of imidazole rings is 1. The first kappa shape index (κ1) is 15.3. The SMILES string of the molecule is NCc1ccc(Cn2ccnc2-c2ccc(F)c(F)c2F)cc1. The molecular formula is C17H14F3N3. The van der Waals surface area contributed by atoms with Crippen molar-refractivity contribution in [2.24, 2.45) is 5.73 Å². The van der Waals surface area contributed by atoms with Crippen LogP contribution in [0.3, 0.4) is 0 Å². The minimum Gasteiger partial charge on any atom is -0.326 e. The van der Waals surface area contributed by atoms with E-state index in [-0.39, 0.29) is 11.4 Å². The number of nitrogens with two attached hydrogens (primary N) is 1. The molecule has 3 rings (SSSR count). The van der Waals surface area contributed by atoms with Crippen LogP contribution in [0.25, 0.3) is 11.4 Å². The van der Waals surface area contributed by atoms with Gasteiger partial charge in [0, 0.05) is 25.5 Å². The second-order valence-electron chi connectivity index (χ2n) is 5.12. The van der Waals surface area contributed by atoms with Gasteiger partial charge in [0.15, 0.2) is 17.5 Å². The number of rotatable bonds is 4. The lowest BCUT2D eigenvalue weighted by atomic mass is 10.1. The molecule has 2 aromatic carbocycles. The largest absolute Gasteiger partial charge is 0.326 e. The molecule has 1 heterocycles. The van der Waals surface area contributed by atoms with Gasteiger partial charge < -0.3 is 10.3 Å². The lowest BCUT2D eigenvalue weighted by Gasteiger charge is -2.10. The maximum absolute atomic E-state index is 14.0. The van der Waals surface area contributed by atoms with Crippen LogP contribution in [0, 0.1) is 17.5 Å². The fourth-order valence-corrected chi connectivity index (χ4v) is 2.36. The Morgan fingerprint density at radius 2 is 1.61 bits per heavy atom. The molecule has 6 heteroatoms. The maximum atomic E-state index is 14.0. The van der Waals surface area contributed by atoms with E-state index in [1.807, 2.05) is 24.3 Å². The van der Waals surface area contributed by atoms with Crippen molar-refractivity contribution in [3.05, 3.63) is 77.4 Å². The van der Waals surface area contributed by atoms with Crippen molar-refractivity contribution in [1.82, 2.24) is 9.55 Å². The van der Waals surface area contributed by atoms with E-state index in [4.69, 9.17) is 5.73 Å². The first-order chi connectivity index (χ1) is 11.1. The van der Waals surface area contributed by atoms with E-state index < -0.39 is 17.5 Å². The van der Waals surface area contributed by atoms with Gasteiger partial charge in [0.2, 0.25) is 0 Å². The third-order valence-corrected chi connectivity index (χ3v) is 3.60. The fraction of sp³-hybridized carbons (Fsp3) is 0.118. The summed E-state index contributed by atoms with van der Waals surface area (Å²) < 4.78 is 42.1. The zero-order valence-corrected chi connectivity index (χ0v) is 12.1. The first-order valence-electron chi connectivity index (χ1n) is 7.03. The molecule has 0 amide bonds. The highest BCUT2D eigenvalue weighted by Crippen LogP contribution is 2.25. The van der Waals surface area contributed by atoms with E-state index in [0.717, 1.165) is 17.2 Å². The topological polar surface area (TPSA) is 43.8 Å². The van der Waals surface area contributed by atoms with Crippen molar-refractivity contribution in [1.29, 1.82) is 0 Å². The second kappa shape index (κ2) is 6.26. The van der Waals surface area contributed by atoms with Crippen molar-refractivity contribution in [2.75, 3.05) is 0 Å². The van der Waals surface area contributed by atoms with Gasteiger partial charge in [-0.1, -0.05) is 24.3 Å². The molecule has 0 aliphatic heterocycles. The Labute approximate surface area is 131 Å². The van der Waals surface area contributed by atoms with E-state index in [1.165, 1.54) is 12.3 Å². The van der Waals surface area contributed by atoms with Crippen molar-refractivity contribution >= 4 is 0 Å². The van der Waals surface area contributed by atoms with E-state index in [1.54, 1.807) is 10.8 Å². The van der Waals surface area contributed by atoms with Gasteiger partial charge in [-0.2, -0.15) is 0 Å². The van der Waals surface area contributed by atoms with Crippen molar-refractivity contribution in [3.63, 3.8) is 0 Å². The number of benzene rings is 2. The van der Waals surface area contributed by atoms with Crippen LogP contribution in [0.5, 0.6) is 0 Å². The monoisotopic (exact) mass is 317 g/mol. The fourth-order valence-electron chi connectivity index (χ4n) is 2.36. The Morgan fingerprint density at radius 3 is 2.30 bits per heavy atom. The van der Waals surface area contributed by atoms with Crippen LogP contribution in [0.15, 0.2) is 48.8 Å². The first-order valence-corrected chi connectivity index (χ1v) is 7.03. The van der Waals surface area contributed by atoms with Crippen molar-refractivity contribution in [3.8, 4) is 11.4 Å². The molecule has 0 saturated carbocycles. The number of hydrogen-bond acceptors (Lipinski definition) is 2. The molecule has 3 aromatic rings. The highest BCUT2D eigenvalue weighted by Gasteiger charge is 2.18. The van der Waals surface area contributed by atoms with E-state index >= 15 is 0 Å². The quantitative estimate of drug-likeness (QED) is 0.749. The molecule has 23 heavy (non-hydrogen) atoms. The summed E-state index contributed by atoms with van der Waals surface area (Å²) in [6, 6.07) is 9.71. The summed E-state index contributed by atoms with van der Waals surface area (Å²) in [6.07, 6.45) is 3.15. The average molecular weight is 317 g/mol. The summed E-state index contributed by atoms with van der Waals surface area (Å²) in [5.74, 6) is -3.72. The summed E-state index contributed by atoms with van der Waals surface area (Å²) in [5, 5.41) is 0. The molecule has 0 atom stereocenters. The highest BCUT2D eigenvalue weighted by atomic mass is 19.2. The lowest BCUT2D eigenvalue weighted by molar-refractivity contribution is 0.448. The van der Waals surface area contributed by atoms with Crippen LogP contribution in [0.2, 0.25) is 0 Å². The van der Waals surface area contributed by atoms with Gasteiger partial charge in [-0.25, -0.2) is 18.2 Å². The molecule has 1 aromatic heterocycles. The van der Waals surface area contributed by atoms with Crippen LogP contribution >= 0.6 is 0 Å². The molecule has 0 radical (unpaired) electrons. The van der Waals surface area contributed by atoms with Gasteiger partial charge in [-0.15, -0.1) is 0 Å². The van der Waals surface area contributed by atoms with Crippen LogP contribution in [0.4, 0.5) is 13.2 Å². The second-order valence-corrected chi connectivity index (χ2v) is 5.12. The van der Waals surface area contributed by atoms with Gasteiger partial charge in [0.25, 0.3) is 0 Å². The van der Waals surface area contributed by atoms with Crippen LogP contribution < -0.4 is 5.73 Å².